The van der Waals surface area contributed by atoms with E-state index in [-0.39, 0.29) is 18.0 Å². The lowest BCUT2D eigenvalue weighted by molar-refractivity contribution is 0.0953. The van der Waals surface area contributed by atoms with Crippen LogP contribution in [0.15, 0.2) is 18.2 Å². The lowest BCUT2D eigenvalue weighted by Crippen LogP contribution is -2.32. The Morgan fingerprint density at radius 3 is 2.95 bits per heavy atom. The number of hydrogen-bond donors (Lipinski definition) is 1. The van der Waals surface area contributed by atoms with E-state index in [9.17, 15) is 4.39 Å². The summed E-state index contributed by atoms with van der Waals surface area (Å²) in [7, 11) is 0. The van der Waals surface area contributed by atoms with Crippen molar-refractivity contribution in [2.24, 2.45) is 5.92 Å². The van der Waals surface area contributed by atoms with Crippen LogP contribution in [0.3, 0.4) is 0 Å². The number of rotatable bonds is 5. The van der Waals surface area contributed by atoms with Gasteiger partial charge in [-0.1, -0.05) is 18.5 Å². The van der Waals surface area contributed by atoms with Gasteiger partial charge in [0.05, 0.1) is 6.10 Å². The van der Waals surface area contributed by atoms with E-state index in [1.165, 1.54) is 6.07 Å². The molecule has 0 amide bonds. The summed E-state index contributed by atoms with van der Waals surface area (Å²) in [6.45, 7) is 5.85. The van der Waals surface area contributed by atoms with Crippen LogP contribution < -0.4 is 5.32 Å². The molecule has 1 aromatic carbocycles. The molecule has 1 aliphatic heterocycles. The van der Waals surface area contributed by atoms with Gasteiger partial charge in [-0.15, -0.1) is 0 Å². The van der Waals surface area contributed by atoms with Crippen molar-refractivity contribution < 1.29 is 9.13 Å². The molecule has 1 aromatic rings. The molecule has 1 fully saturated rings. The normalized spacial score (nSPS) is 24.6. The van der Waals surface area contributed by atoms with Gasteiger partial charge < -0.3 is 10.1 Å². The van der Waals surface area contributed by atoms with Crippen LogP contribution >= 0.6 is 11.6 Å². The monoisotopic (exact) mass is 285 g/mol. The summed E-state index contributed by atoms with van der Waals surface area (Å²) in [5.41, 5.74) is 0.845. The van der Waals surface area contributed by atoms with Crippen molar-refractivity contribution in [3.63, 3.8) is 0 Å². The van der Waals surface area contributed by atoms with Gasteiger partial charge in [-0.2, -0.15) is 0 Å². The van der Waals surface area contributed by atoms with Crippen LogP contribution in [0.5, 0.6) is 0 Å². The molecular formula is C15H21ClFNO. The highest BCUT2D eigenvalue weighted by Crippen LogP contribution is 2.36. The molecule has 19 heavy (non-hydrogen) atoms. The predicted molar refractivity (Wildman–Crippen MR) is 76.0 cm³/mol. The maximum absolute atomic E-state index is 13.5. The van der Waals surface area contributed by atoms with Crippen molar-refractivity contribution in [1.82, 2.24) is 5.32 Å². The van der Waals surface area contributed by atoms with Gasteiger partial charge in [0.2, 0.25) is 0 Å². The first-order valence-electron chi connectivity index (χ1n) is 6.93. The second kappa shape index (κ2) is 6.69. The molecule has 4 heteroatoms. The van der Waals surface area contributed by atoms with E-state index in [4.69, 9.17) is 16.3 Å². The van der Waals surface area contributed by atoms with Crippen molar-refractivity contribution in [2.45, 2.75) is 38.8 Å². The summed E-state index contributed by atoms with van der Waals surface area (Å²) in [6.07, 6.45) is 2.19. The molecule has 2 rings (SSSR count). The van der Waals surface area contributed by atoms with Crippen molar-refractivity contribution in [2.75, 3.05) is 13.2 Å². The van der Waals surface area contributed by atoms with Crippen LogP contribution in [0.25, 0.3) is 0 Å². The van der Waals surface area contributed by atoms with Crippen molar-refractivity contribution in [3.8, 4) is 0 Å². The van der Waals surface area contributed by atoms with Gasteiger partial charge in [-0.25, -0.2) is 4.39 Å². The second-order valence-electron chi connectivity index (χ2n) is 5.13. The minimum atomic E-state index is -0.241. The third-order valence-corrected chi connectivity index (χ3v) is 4.11. The zero-order chi connectivity index (χ0) is 13.8. The van der Waals surface area contributed by atoms with E-state index in [1.54, 1.807) is 12.1 Å². The average Bonchev–Trinajstić information content (AvgIpc) is 2.80. The number of nitrogens with one attached hydrogen (secondary N) is 1. The van der Waals surface area contributed by atoms with Crippen LogP contribution in [0.1, 0.15) is 38.3 Å². The Hall–Kier alpha value is -0.640. The summed E-state index contributed by atoms with van der Waals surface area (Å²) in [4.78, 5) is 0. The van der Waals surface area contributed by atoms with Crippen LogP contribution in [-0.4, -0.2) is 19.3 Å². The highest BCUT2D eigenvalue weighted by Gasteiger charge is 2.33. The molecule has 1 aliphatic rings. The molecule has 2 nitrogen and oxygen atoms in total. The number of hydrogen-bond acceptors (Lipinski definition) is 2. The SMILES string of the molecule is CCCNC(c1cc(F)ccc1Cl)C1CCOC1C. The van der Waals surface area contributed by atoms with Crippen LogP contribution in [0, 0.1) is 11.7 Å². The molecule has 106 valence electrons. The Bertz CT molecular complexity index is 427. The Morgan fingerprint density at radius 1 is 1.53 bits per heavy atom. The zero-order valence-corrected chi connectivity index (χ0v) is 12.2. The van der Waals surface area contributed by atoms with Gasteiger partial charge in [0.15, 0.2) is 0 Å². The van der Waals surface area contributed by atoms with Crippen LogP contribution in [-0.2, 0) is 4.74 Å². The number of benzene rings is 1. The van der Waals surface area contributed by atoms with Crippen molar-refractivity contribution in [1.29, 1.82) is 0 Å². The molecule has 0 radical (unpaired) electrons. The first-order valence-corrected chi connectivity index (χ1v) is 7.31. The third-order valence-electron chi connectivity index (χ3n) is 3.77. The molecule has 1 heterocycles. The van der Waals surface area contributed by atoms with E-state index in [0.29, 0.717) is 10.9 Å². The largest absolute Gasteiger partial charge is 0.378 e. The summed E-state index contributed by atoms with van der Waals surface area (Å²) in [6, 6.07) is 4.63. The van der Waals surface area contributed by atoms with Gasteiger partial charge in [0.25, 0.3) is 0 Å². The van der Waals surface area contributed by atoms with Crippen LogP contribution in [0.2, 0.25) is 5.02 Å². The Labute approximate surface area is 119 Å². The molecule has 0 aromatic heterocycles. The topological polar surface area (TPSA) is 21.3 Å². The lowest BCUT2D eigenvalue weighted by Gasteiger charge is -2.28. The Morgan fingerprint density at radius 2 is 2.32 bits per heavy atom. The number of halogens is 2. The molecule has 3 atom stereocenters. The van der Waals surface area contributed by atoms with Gasteiger partial charge in [0, 0.05) is 23.6 Å². The molecule has 1 N–H and O–H groups in total. The quantitative estimate of drug-likeness (QED) is 0.885. The molecule has 0 spiro atoms. The zero-order valence-electron chi connectivity index (χ0n) is 11.5. The van der Waals surface area contributed by atoms with Gasteiger partial charge in [-0.3, -0.25) is 0 Å². The van der Waals surface area contributed by atoms with Crippen LogP contribution in [0.4, 0.5) is 4.39 Å². The van der Waals surface area contributed by atoms with Crippen molar-refractivity contribution in [3.05, 3.63) is 34.6 Å². The lowest BCUT2D eigenvalue weighted by atomic mass is 9.88. The highest BCUT2D eigenvalue weighted by atomic mass is 35.5. The van der Waals surface area contributed by atoms with E-state index >= 15 is 0 Å². The maximum atomic E-state index is 13.5. The third kappa shape index (κ3) is 3.47. The summed E-state index contributed by atoms with van der Waals surface area (Å²) < 4.78 is 19.1. The van der Waals surface area contributed by atoms with E-state index < -0.39 is 0 Å². The van der Waals surface area contributed by atoms with Gasteiger partial charge in [-0.05, 0) is 50.1 Å². The van der Waals surface area contributed by atoms with E-state index in [2.05, 4.69) is 19.2 Å². The molecular weight excluding hydrogens is 265 g/mol. The van der Waals surface area contributed by atoms with Crippen molar-refractivity contribution >= 4 is 11.6 Å². The van der Waals surface area contributed by atoms with Gasteiger partial charge in [0.1, 0.15) is 5.82 Å². The summed E-state index contributed by atoms with van der Waals surface area (Å²) in [5, 5.41) is 4.11. The smallest absolute Gasteiger partial charge is 0.123 e. The van der Waals surface area contributed by atoms with Gasteiger partial charge >= 0.3 is 0 Å². The first-order chi connectivity index (χ1) is 9.13. The summed E-state index contributed by atoms with van der Waals surface area (Å²) in [5.74, 6) is 0.0973. The second-order valence-corrected chi connectivity index (χ2v) is 5.53. The molecule has 0 aliphatic carbocycles. The minimum absolute atomic E-state index is 0.0562. The Balaban J connectivity index is 2.28. The molecule has 0 bridgehead atoms. The fraction of sp³-hybridized carbons (Fsp3) is 0.600. The molecule has 1 saturated heterocycles. The maximum Gasteiger partial charge on any atom is 0.123 e. The Kier molecular flexibility index (Phi) is 5.20. The highest BCUT2D eigenvalue weighted by molar-refractivity contribution is 6.31. The first kappa shape index (κ1) is 14.8. The van der Waals surface area contributed by atoms with E-state index in [1.807, 2.05) is 0 Å². The molecule has 3 unspecified atom stereocenters. The molecule has 0 saturated carbocycles. The minimum Gasteiger partial charge on any atom is -0.378 e. The fourth-order valence-corrected chi connectivity index (χ4v) is 2.97. The average molecular weight is 286 g/mol. The predicted octanol–water partition coefficient (Wildman–Crippen LogP) is 3.94. The fourth-order valence-electron chi connectivity index (χ4n) is 2.73. The van der Waals surface area contributed by atoms with E-state index in [0.717, 1.165) is 31.6 Å². The summed E-state index contributed by atoms with van der Waals surface area (Å²) >= 11 is 6.25. The number of ether oxygens (including phenoxy) is 1. The standard InChI is InChI=1S/C15H21ClFNO/c1-3-7-18-15(12-6-8-19-10(12)2)13-9-11(17)4-5-14(13)16/h4-5,9-10,12,15,18H,3,6-8H2,1-2H3.